The number of hydrogen-bond donors (Lipinski definition) is 0. The van der Waals surface area contributed by atoms with Crippen LogP contribution in [0.15, 0.2) is 60.4 Å². The van der Waals surface area contributed by atoms with E-state index in [4.69, 9.17) is 9.47 Å². The van der Waals surface area contributed by atoms with Crippen LogP contribution < -0.4 is 4.74 Å². The van der Waals surface area contributed by atoms with Gasteiger partial charge in [-0.2, -0.15) is 0 Å². The highest BCUT2D eigenvalue weighted by atomic mass is 19.1. The summed E-state index contributed by atoms with van der Waals surface area (Å²) in [6, 6.07) is 11.3. The molecule has 0 aliphatic heterocycles. The van der Waals surface area contributed by atoms with Crippen LogP contribution in [0.1, 0.15) is 24.5 Å². The number of methoxy groups -OCH3 is 1. The molecule has 0 radical (unpaired) electrons. The highest BCUT2D eigenvalue weighted by molar-refractivity contribution is 5.85. The monoisotopic (exact) mass is 388 g/mol. The van der Waals surface area contributed by atoms with Crippen LogP contribution in [0.4, 0.5) is 13.2 Å². The number of rotatable bonds is 5. The lowest BCUT2D eigenvalue weighted by atomic mass is 9.77. The SMILES string of the molecule is COC(=O)C1(C)C=CC(F)=C(c2c(F)ccc(OCc3ccccc3)c2F)C1. The first-order chi connectivity index (χ1) is 13.4. The van der Waals surface area contributed by atoms with E-state index in [-0.39, 0.29) is 24.4 Å². The Morgan fingerprint density at radius 1 is 1.11 bits per heavy atom. The maximum absolute atomic E-state index is 15.0. The molecule has 1 unspecified atom stereocenters. The lowest BCUT2D eigenvalue weighted by molar-refractivity contribution is -0.148. The summed E-state index contributed by atoms with van der Waals surface area (Å²) >= 11 is 0. The number of halogens is 3. The number of hydrogen-bond acceptors (Lipinski definition) is 3. The number of ether oxygens (including phenoxy) is 2. The average molecular weight is 388 g/mol. The van der Waals surface area contributed by atoms with Gasteiger partial charge in [-0.3, -0.25) is 4.79 Å². The second kappa shape index (κ2) is 7.92. The predicted octanol–water partition coefficient (Wildman–Crippen LogP) is 5.36. The zero-order valence-corrected chi connectivity index (χ0v) is 15.5. The van der Waals surface area contributed by atoms with Crippen LogP contribution in [-0.4, -0.2) is 13.1 Å². The van der Waals surface area contributed by atoms with Crippen molar-refractivity contribution in [3.8, 4) is 5.75 Å². The fourth-order valence-corrected chi connectivity index (χ4v) is 3.11. The Hall–Kier alpha value is -3.02. The molecular formula is C22H19F3O3. The van der Waals surface area contributed by atoms with Crippen molar-refractivity contribution in [2.75, 3.05) is 7.11 Å². The number of carbonyl (C=O) groups excluding carboxylic acids is 1. The van der Waals surface area contributed by atoms with Gasteiger partial charge >= 0.3 is 5.97 Å². The molecule has 0 bridgehead atoms. The van der Waals surface area contributed by atoms with Crippen LogP contribution in [0.3, 0.4) is 0 Å². The van der Waals surface area contributed by atoms with Crippen LogP contribution in [-0.2, 0) is 16.1 Å². The number of carbonyl (C=O) groups is 1. The fourth-order valence-electron chi connectivity index (χ4n) is 3.11. The summed E-state index contributed by atoms with van der Waals surface area (Å²) in [7, 11) is 1.20. The van der Waals surface area contributed by atoms with E-state index in [0.717, 1.165) is 23.8 Å². The lowest BCUT2D eigenvalue weighted by Crippen LogP contribution is -2.29. The van der Waals surface area contributed by atoms with E-state index in [1.165, 1.54) is 20.1 Å². The summed E-state index contributed by atoms with van der Waals surface area (Å²) in [6.07, 6.45) is 2.13. The molecule has 2 aromatic carbocycles. The quantitative estimate of drug-likeness (QED) is 0.647. The molecule has 0 saturated carbocycles. The fraction of sp³-hybridized carbons (Fsp3) is 0.227. The van der Waals surface area contributed by atoms with E-state index in [1.807, 2.05) is 18.2 Å². The van der Waals surface area contributed by atoms with Gasteiger partial charge in [-0.15, -0.1) is 0 Å². The second-order valence-electron chi connectivity index (χ2n) is 6.75. The Morgan fingerprint density at radius 2 is 1.82 bits per heavy atom. The van der Waals surface area contributed by atoms with Gasteiger partial charge in [0.25, 0.3) is 0 Å². The molecule has 0 amide bonds. The number of esters is 1. The maximum atomic E-state index is 15.0. The van der Waals surface area contributed by atoms with Gasteiger partial charge in [0.05, 0.1) is 18.1 Å². The van der Waals surface area contributed by atoms with Gasteiger partial charge in [-0.25, -0.2) is 13.2 Å². The topological polar surface area (TPSA) is 35.5 Å². The van der Waals surface area contributed by atoms with Crippen molar-refractivity contribution in [2.45, 2.75) is 20.0 Å². The first kappa shape index (κ1) is 19.7. The molecular weight excluding hydrogens is 369 g/mol. The summed E-state index contributed by atoms with van der Waals surface area (Å²) in [6.45, 7) is 1.59. The van der Waals surface area contributed by atoms with Gasteiger partial charge in [-0.1, -0.05) is 36.4 Å². The van der Waals surface area contributed by atoms with E-state index in [2.05, 4.69) is 0 Å². The highest BCUT2D eigenvalue weighted by Crippen LogP contribution is 2.43. The Morgan fingerprint density at radius 3 is 2.50 bits per heavy atom. The molecule has 1 aliphatic carbocycles. The van der Waals surface area contributed by atoms with E-state index in [0.29, 0.717) is 0 Å². The van der Waals surface area contributed by atoms with Crippen LogP contribution in [0.5, 0.6) is 5.75 Å². The molecule has 6 heteroatoms. The van der Waals surface area contributed by atoms with Gasteiger partial charge < -0.3 is 9.47 Å². The van der Waals surface area contributed by atoms with Gasteiger partial charge in [0, 0.05) is 5.57 Å². The van der Waals surface area contributed by atoms with Crippen molar-refractivity contribution in [3.63, 3.8) is 0 Å². The predicted molar refractivity (Wildman–Crippen MR) is 99.0 cm³/mol. The second-order valence-corrected chi connectivity index (χ2v) is 6.75. The van der Waals surface area contributed by atoms with E-state index in [9.17, 15) is 13.6 Å². The van der Waals surface area contributed by atoms with Crippen molar-refractivity contribution >= 4 is 11.5 Å². The minimum Gasteiger partial charge on any atom is -0.486 e. The normalized spacial score (nSPS) is 18.9. The van der Waals surface area contributed by atoms with Crippen LogP contribution in [0, 0.1) is 17.0 Å². The van der Waals surface area contributed by atoms with E-state index >= 15 is 4.39 Å². The van der Waals surface area contributed by atoms with Crippen molar-refractivity contribution in [2.24, 2.45) is 5.41 Å². The summed E-state index contributed by atoms with van der Waals surface area (Å²) < 4.78 is 54.1. The molecule has 0 saturated heterocycles. The van der Waals surface area contributed by atoms with E-state index in [1.54, 1.807) is 12.1 Å². The van der Waals surface area contributed by atoms with E-state index < -0.39 is 34.4 Å². The van der Waals surface area contributed by atoms with Crippen LogP contribution in [0.2, 0.25) is 0 Å². The van der Waals surface area contributed by atoms with Crippen molar-refractivity contribution < 1.29 is 27.4 Å². The minimum atomic E-state index is -1.22. The Balaban J connectivity index is 1.95. The first-order valence-corrected chi connectivity index (χ1v) is 8.67. The standard InChI is InChI=1S/C22H19F3O3/c1-22(21(26)27-2)11-10-16(23)15(12-22)19-17(24)8-9-18(20(19)25)28-13-14-6-4-3-5-7-14/h3-11H,12-13H2,1-2H3. The number of allylic oxidation sites excluding steroid dienone is 3. The van der Waals surface area contributed by atoms with Crippen LogP contribution >= 0.6 is 0 Å². The smallest absolute Gasteiger partial charge is 0.315 e. The van der Waals surface area contributed by atoms with Crippen molar-refractivity contribution in [3.05, 3.63) is 83.2 Å². The summed E-state index contributed by atoms with van der Waals surface area (Å²) in [5.41, 5.74) is -1.20. The van der Waals surface area contributed by atoms with Gasteiger partial charge in [0.15, 0.2) is 11.6 Å². The van der Waals surface area contributed by atoms with Crippen LogP contribution in [0.25, 0.3) is 5.57 Å². The Bertz CT molecular complexity index is 951. The zero-order valence-electron chi connectivity index (χ0n) is 15.5. The molecule has 1 atom stereocenters. The van der Waals surface area contributed by atoms with Gasteiger partial charge in [0.2, 0.25) is 0 Å². The minimum absolute atomic E-state index is 0.0736. The molecule has 146 valence electrons. The maximum Gasteiger partial charge on any atom is 0.315 e. The molecule has 28 heavy (non-hydrogen) atoms. The highest BCUT2D eigenvalue weighted by Gasteiger charge is 2.38. The van der Waals surface area contributed by atoms with Crippen molar-refractivity contribution in [1.29, 1.82) is 0 Å². The lowest BCUT2D eigenvalue weighted by Gasteiger charge is -2.28. The van der Waals surface area contributed by atoms with Crippen molar-refractivity contribution in [1.82, 2.24) is 0 Å². The zero-order chi connectivity index (χ0) is 20.3. The third-order valence-corrected chi connectivity index (χ3v) is 4.68. The first-order valence-electron chi connectivity index (χ1n) is 8.67. The third-order valence-electron chi connectivity index (χ3n) is 4.68. The summed E-state index contributed by atoms with van der Waals surface area (Å²) in [5, 5.41) is 0. The van der Waals surface area contributed by atoms with Gasteiger partial charge in [-0.05, 0) is 37.1 Å². The molecule has 0 aromatic heterocycles. The molecule has 0 spiro atoms. The molecule has 1 aliphatic rings. The third kappa shape index (κ3) is 3.81. The largest absolute Gasteiger partial charge is 0.486 e. The molecule has 3 rings (SSSR count). The summed E-state index contributed by atoms with van der Waals surface area (Å²) in [5.74, 6) is -3.57. The molecule has 0 N–H and O–H groups in total. The Labute approximate surface area is 161 Å². The van der Waals surface area contributed by atoms with Gasteiger partial charge in [0.1, 0.15) is 18.3 Å². The molecule has 3 nitrogen and oxygen atoms in total. The molecule has 2 aromatic rings. The number of benzene rings is 2. The molecule has 0 fully saturated rings. The summed E-state index contributed by atoms with van der Waals surface area (Å²) in [4.78, 5) is 12.0. The molecule has 0 heterocycles. The average Bonchev–Trinajstić information content (AvgIpc) is 2.70. The Kier molecular flexibility index (Phi) is 5.58.